The summed E-state index contributed by atoms with van der Waals surface area (Å²) >= 11 is 6.03. The molecule has 3 rings (SSSR count). The molecule has 1 aromatic heterocycles. The molecule has 0 bridgehead atoms. The van der Waals surface area contributed by atoms with Gasteiger partial charge < -0.3 is 14.1 Å². The Bertz CT molecular complexity index is 693. The molecule has 0 aliphatic carbocycles. The number of amides is 1. The first-order valence-corrected chi connectivity index (χ1v) is 8.07. The van der Waals surface area contributed by atoms with Crippen LogP contribution in [0.2, 0.25) is 5.02 Å². The van der Waals surface area contributed by atoms with Crippen molar-refractivity contribution in [3.05, 3.63) is 34.5 Å². The molecule has 5 heteroatoms. The molecule has 118 valence electrons. The van der Waals surface area contributed by atoms with Crippen molar-refractivity contribution in [1.29, 1.82) is 0 Å². The van der Waals surface area contributed by atoms with Crippen molar-refractivity contribution in [1.82, 2.24) is 4.90 Å². The number of aryl methyl sites for hydroxylation is 1. The Labute approximate surface area is 135 Å². The predicted molar refractivity (Wildman–Crippen MR) is 86.5 cm³/mol. The third kappa shape index (κ3) is 2.85. The van der Waals surface area contributed by atoms with Gasteiger partial charge in [0, 0.05) is 35.7 Å². The van der Waals surface area contributed by atoms with Crippen LogP contribution in [-0.2, 0) is 4.74 Å². The molecule has 1 aliphatic rings. The van der Waals surface area contributed by atoms with Gasteiger partial charge in [-0.15, -0.1) is 0 Å². The van der Waals surface area contributed by atoms with Crippen molar-refractivity contribution < 1.29 is 13.9 Å². The Balaban J connectivity index is 1.87. The molecule has 4 nitrogen and oxygen atoms in total. The minimum absolute atomic E-state index is 0.0609. The molecule has 1 unspecified atom stereocenters. The Morgan fingerprint density at radius 2 is 2.32 bits per heavy atom. The zero-order chi connectivity index (χ0) is 15.7. The van der Waals surface area contributed by atoms with E-state index < -0.39 is 0 Å². The molecule has 0 saturated carbocycles. The van der Waals surface area contributed by atoms with Gasteiger partial charge in [0.15, 0.2) is 5.76 Å². The second-order valence-corrected chi connectivity index (χ2v) is 6.10. The maximum Gasteiger partial charge on any atom is 0.289 e. The van der Waals surface area contributed by atoms with Gasteiger partial charge in [-0.25, -0.2) is 0 Å². The number of furan rings is 1. The van der Waals surface area contributed by atoms with E-state index in [4.69, 9.17) is 20.8 Å². The summed E-state index contributed by atoms with van der Waals surface area (Å²) in [6.45, 7) is 5.94. The van der Waals surface area contributed by atoms with Gasteiger partial charge >= 0.3 is 0 Å². The van der Waals surface area contributed by atoms with Gasteiger partial charge in [0.25, 0.3) is 5.91 Å². The Hall–Kier alpha value is -1.52. The second-order valence-electron chi connectivity index (χ2n) is 5.67. The Morgan fingerprint density at radius 1 is 1.50 bits per heavy atom. The number of rotatable bonds is 3. The molecule has 0 radical (unpaired) electrons. The second kappa shape index (κ2) is 6.31. The van der Waals surface area contributed by atoms with Crippen molar-refractivity contribution in [3.63, 3.8) is 0 Å². The summed E-state index contributed by atoms with van der Waals surface area (Å²) in [5.41, 5.74) is 1.55. The van der Waals surface area contributed by atoms with Crippen LogP contribution >= 0.6 is 11.6 Å². The predicted octanol–water partition coefficient (Wildman–Crippen LogP) is 4.04. The normalized spacial score (nSPS) is 18.9. The van der Waals surface area contributed by atoms with Crippen LogP contribution in [-0.4, -0.2) is 36.6 Å². The highest BCUT2D eigenvalue weighted by Gasteiger charge is 2.28. The van der Waals surface area contributed by atoms with Gasteiger partial charge in [-0.2, -0.15) is 0 Å². The van der Waals surface area contributed by atoms with E-state index in [1.165, 1.54) is 0 Å². The molecule has 0 N–H and O–H groups in total. The quantitative estimate of drug-likeness (QED) is 0.857. The zero-order valence-corrected chi connectivity index (χ0v) is 13.7. The van der Waals surface area contributed by atoms with E-state index in [9.17, 15) is 4.79 Å². The van der Waals surface area contributed by atoms with E-state index in [0.717, 1.165) is 30.3 Å². The minimum atomic E-state index is -0.0609. The standard InChI is InChI=1S/C17H20ClNO3/c1-3-21-13-5-4-8-19(10-13)17(20)16-11(2)14-9-12(18)6-7-15(14)22-16/h6-7,9,13H,3-5,8,10H2,1-2H3. The lowest BCUT2D eigenvalue weighted by atomic mass is 10.1. The lowest BCUT2D eigenvalue weighted by Gasteiger charge is -2.32. The molecule has 1 fully saturated rings. The summed E-state index contributed by atoms with van der Waals surface area (Å²) in [5.74, 6) is 0.351. The summed E-state index contributed by atoms with van der Waals surface area (Å²) in [6.07, 6.45) is 2.09. The zero-order valence-electron chi connectivity index (χ0n) is 12.9. The fourth-order valence-electron chi connectivity index (χ4n) is 3.04. The monoisotopic (exact) mass is 321 g/mol. The molecular formula is C17H20ClNO3. The maximum absolute atomic E-state index is 12.8. The molecule has 1 saturated heterocycles. The van der Waals surface area contributed by atoms with Crippen LogP contribution in [0.4, 0.5) is 0 Å². The average Bonchev–Trinajstić information content (AvgIpc) is 2.84. The molecule has 2 heterocycles. The van der Waals surface area contributed by atoms with E-state index in [2.05, 4.69) is 0 Å². The first-order valence-electron chi connectivity index (χ1n) is 7.69. The number of fused-ring (bicyclic) bond motifs is 1. The number of hydrogen-bond donors (Lipinski definition) is 0. The van der Waals surface area contributed by atoms with Crippen molar-refractivity contribution in [2.75, 3.05) is 19.7 Å². The fraction of sp³-hybridized carbons (Fsp3) is 0.471. The van der Waals surface area contributed by atoms with Gasteiger partial charge in [0.05, 0.1) is 6.10 Å². The Morgan fingerprint density at radius 3 is 3.09 bits per heavy atom. The van der Waals surface area contributed by atoms with Gasteiger partial charge in [0.2, 0.25) is 0 Å². The lowest BCUT2D eigenvalue weighted by Crippen LogP contribution is -2.43. The molecule has 1 aromatic carbocycles. The molecule has 1 aliphatic heterocycles. The van der Waals surface area contributed by atoms with Crippen LogP contribution in [0.1, 0.15) is 35.9 Å². The van der Waals surface area contributed by atoms with Gasteiger partial charge in [-0.1, -0.05) is 11.6 Å². The number of carbonyl (C=O) groups is 1. The topological polar surface area (TPSA) is 42.7 Å². The SMILES string of the molecule is CCOC1CCCN(C(=O)c2oc3ccc(Cl)cc3c2C)C1. The molecular weight excluding hydrogens is 302 g/mol. The highest BCUT2D eigenvalue weighted by Crippen LogP contribution is 2.29. The van der Waals surface area contributed by atoms with Gasteiger partial charge in [-0.3, -0.25) is 4.79 Å². The van der Waals surface area contributed by atoms with Crippen LogP contribution in [0.3, 0.4) is 0 Å². The molecule has 0 spiro atoms. The number of halogens is 1. The van der Waals surface area contributed by atoms with E-state index >= 15 is 0 Å². The van der Waals surface area contributed by atoms with E-state index in [1.807, 2.05) is 24.8 Å². The average molecular weight is 322 g/mol. The maximum atomic E-state index is 12.8. The van der Waals surface area contributed by atoms with Gasteiger partial charge in [0.1, 0.15) is 5.58 Å². The third-order valence-electron chi connectivity index (χ3n) is 4.16. The number of nitrogens with zero attached hydrogens (tertiary/aromatic N) is 1. The van der Waals surface area contributed by atoms with Crippen LogP contribution in [0.15, 0.2) is 22.6 Å². The number of piperidine rings is 1. The highest BCUT2D eigenvalue weighted by molar-refractivity contribution is 6.31. The van der Waals surface area contributed by atoms with E-state index in [0.29, 0.717) is 29.5 Å². The summed E-state index contributed by atoms with van der Waals surface area (Å²) in [5, 5.41) is 1.54. The summed E-state index contributed by atoms with van der Waals surface area (Å²) < 4.78 is 11.4. The van der Waals surface area contributed by atoms with E-state index in [-0.39, 0.29) is 12.0 Å². The number of ether oxygens (including phenoxy) is 1. The summed E-state index contributed by atoms with van der Waals surface area (Å²) in [4.78, 5) is 14.6. The summed E-state index contributed by atoms with van der Waals surface area (Å²) in [6, 6.07) is 5.42. The molecule has 1 amide bonds. The molecule has 22 heavy (non-hydrogen) atoms. The van der Waals surface area contributed by atoms with Crippen molar-refractivity contribution >= 4 is 28.5 Å². The molecule has 2 aromatic rings. The minimum Gasteiger partial charge on any atom is -0.451 e. The first-order chi connectivity index (χ1) is 10.6. The van der Waals surface area contributed by atoms with Crippen molar-refractivity contribution in [2.45, 2.75) is 32.8 Å². The number of benzene rings is 1. The highest BCUT2D eigenvalue weighted by atomic mass is 35.5. The van der Waals surface area contributed by atoms with Crippen molar-refractivity contribution in [2.24, 2.45) is 0 Å². The third-order valence-corrected chi connectivity index (χ3v) is 4.40. The van der Waals surface area contributed by atoms with E-state index in [1.54, 1.807) is 12.1 Å². The fourth-order valence-corrected chi connectivity index (χ4v) is 3.21. The van der Waals surface area contributed by atoms with Crippen molar-refractivity contribution in [3.8, 4) is 0 Å². The number of likely N-dealkylation sites (tertiary alicyclic amines) is 1. The van der Waals surface area contributed by atoms with Gasteiger partial charge in [-0.05, 0) is 44.9 Å². The lowest BCUT2D eigenvalue weighted by molar-refractivity contribution is 0.00621. The molecule has 1 atom stereocenters. The number of carbonyl (C=O) groups excluding carboxylic acids is 1. The number of hydrogen-bond acceptors (Lipinski definition) is 3. The Kier molecular flexibility index (Phi) is 4.41. The largest absolute Gasteiger partial charge is 0.451 e. The van der Waals surface area contributed by atoms with Crippen LogP contribution in [0.25, 0.3) is 11.0 Å². The summed E-state index contributed by atoms with van der Waals surface area (Å²) in [7, 11) is 0. The van der Waals surface area contributed by atoms with Crippen LogP contribution in [0.5, 0.6) is 0 Å². The van der Waals surface area contributed by atoms with Crippen LogP contribution < -0.4 is 0 Å². The first kappa shape index (κ1) is 15.4. The smallest absolute Gasteiger partial charge is 0.289 e. The van der Waals surface area contributed by atoms with Crippen LogP contribution in [0, 0.1) is 6.92 Å².